The molecular formula is C84H53B2N5OS2. The summed E-state index contributed by atoms with van der Waals surface area (Å²) in [5.74, 6) is 1.70. The lowest BCUT2D eigenvalue weighted by molar-refractivity contribution is 0.487. The molecule has 20 rings (SSSR count). The van der Waals surface area contributed by atoms with Gasteiger partial charge in [-0.15, -0.1) is 22.7 Å². The normalized spacial score (nSPS) is 13.1. The van der Waals surface area contributed by atoms with Gasteiger partial charge in [0.1, 0.15) is 11.5 Å². The van der Waals surface area contributed by atoms with Gasteiger partial charge < -0.3 is 29.2 Å². The Hall–Kier alpha value is -11.6. The van der Waals surface area contributed by atoms with Crippen LogP contribution in [-0.2, 0) is 0 Å². The van der Waals surface area contributed by atoms with E-state index in [-0.39, 0.29) is 13.4 Å². The van der Waals surface area contributed by atoms with Crippen molar-refractivity contribution in [2.75, 3.05) is 24.5 Å². The van der Waals surface area contributed by atoms with Crippen LogP contribution in [0, 0.1) is 0 Å². The Morgan fingerprint density at radius 2 is 0.670 bits per heavy atom. The Morgan fingerprint density at radius 3 is 1.20 bits per heavy atom. The van der Waals surface area contributed by atoms with Crippen LogP contribution < -0.4 is 62.0 Å². The maximum atomic E-state index is 7.39. The summed E-state index contributed by atoms with van der Waals surface area (Å²) < 4.78 is 12.4. The molecule has 0 aliphatic carbocycles. The average molecular weight is 1230 g/mol. The van der Waals surface area contributed by atoms with Crippen LogP contribution in [0.25, 0.3) is 40.3 Å². The molecule has 10 heteroatoms. The molecule has 0 amide bonds. The van der Waals surface area contributed by atoms with Crippen molar-refractivity contribution in [3.05, 3.63) is 322 Å². The number of nitrogens with zero attached hydrogens (tertiary/aromatic N) is 5. The second kappa shape index (κ2) is 21.0. The van der Waals surface area contributed by atoms with Crippen molar-refractivity contribution in [1.82, 2.24) is 0 Å². The third-order valence-corrected chi connectivity index (χ3v) is 22.0. The fourth-order valence-corrected chi connectivity index (χ4v) is 18.2. The number of anilines is 15. The first-order chi connectivity index (χ1) is 46.7. The van der Waals surface area contributed by atoms with Crippen LogP contribution in [0.15, 0.2) is 322 Å². The second-order valence-electron chi connectivity index (χ2n) is 24.7. The standard InChI is InChI=1S/C84H53B2N5OS2/c1-6-26-54(27-7-1)87(70-43-24-38-63-61-36-16-22-46-79(61)93-83(63)70)59-48-74-81-75(49-59)90(57-32-12-4-13-33-57)72-53-73-68(52-67(72)85(81)65-40-18-20-42-69(65)89(74)56-30-10-3-11-31-56)86-66-41-19-21-45-77(66)92-78-51-60(50-76(82(78)86)91(73)58-34-14-5-15-35-58)88(55-28-8-2-9-29-55)71-44-25-39-64-62-37-17-23-47-80(62)94-84(64)71/h1-53H. The first kappa shape index (κ1) is 53.1. The van der Waals surface area contributed by atoms with Gasteiger partial charge >= 0.3 is 0 Å². The van der Waals surface area contributed by atoms with Crippen LogP contribution in [0.5, 0.6) is 11.5 Å². The number of para-hydroxylation sites is 7. The molecule has 0 spiro atoms. The van der Waals surface area contributed by atoms with E-state index in [1.165, 1.54) is 62.2 Å². The lowest BCUT2D eigenvalue weighted by atomic mass is 9.30. The number of hydrogen-bond acceptors (Lipinski definition) is 8. The molecule has 0 fully saturated rings. The van der Waals surface area contributed by atoms with Crippen LogP contribution in [0.4, 0.5) is 85.3 Å². The highest BCUT2D eigenvalue weighted by Crippen LogP contribution is 2.54. The summed E-state index contributed by atoms with van der Waals surface area (Å²) in [6.07, 6.45) is 0. The summed E-state index contributed by atoms with van der Waals surface area (Å²) in [5, 5.41) is 5.02. The molecular weight excluding hydrogens is 1180 g/mol. The Morgan fingerprint density at radius 1 is 0.266 bits per heavy atom. The highest BCUT2D eigenvalue weighted by atomic mass is 32.1. The van der Waals surface area contributed by atoms with Crippen molar-refractivity contribution in [2.45, 2.75) is 0 Å². The van der Waals surface area contributed by atoms with Crippen LogP contribution in [0.1, 0.15) is 0 Å². The zero-order valence-electron chi connectivity index (χ0n) is 50.7. The molecule has 4 aliphatic rings. The minimum atomic E-state index is -0.190. The Bertz CT molecular complexity index is 5730. The largest absolute Gasteiger partial charge is 0.458 e. The lowest BCUT2D eigenvalue weighted by Gasteiger charge is -2.46. The molecule has 0 saturated carbocycles. The number of rotatable bonds is 9. The number of thiophene rings is 2. The van der Waals surface area contributed by atoms with Crippen molar-refractivity contribution in [2.24, 2.45) is 0 Å². The van der Waals surface area contributed by atoms with E-state index < -0.39 is 0 Å². The van der Waals surface area contributed by atoms with Crippen molar-refractivity contribution in [1.29, 1.82) is 0 Å². The van der Waals surface area contributed by atoms with Crippen LogP contribution in [0.3, 0.4) is 0 Å². The predicted molar refractivity (Wildman–Crippen MR) is 401 cm³/mol. The van der Waals surface area contributed by atoms with Gasteiger partial charge in [-0.1, -0.05) is 194 Å². The molecule has 2 aromatic heterocycles. The van der Waals surface area contributed by atoms with Crippen molar-refractivity contribution >= 4 is 195 Å². The molecule has 0 radical (unpaired) electrons. The van der Waals surface area contributed by atoms with Crippen molar-refractivity contribution in [3.8, 4) is 11.5 Å². The monoisotopic (exact) mass is 1230 g/mol. The van der Waals surface area contributed by atoms with E-state index in [0.717, 1.165) is 108 Å². The molecule has 6 heterocycles. The molecule has 0 saturated heterocycles. The van der Waals surface area contributed by atoms with Crippen LogP contribution in [-0.4, -0.2) is 13.4 Å². The Labute approximate surface area is 553 Å². The molecule has 0 bridgehead atoms. The van der Waals surface area contributed by atoms with E-state index in [0.29, 0.717) is 0 Å². The third-order valence-electron chi connectivity index (χ3n) is 19.6. The fraction of sp³-hybridized carbons (Fsp3) is 0. The van der Waals surface area contributed by atoms with Gasteiger partial charge in [-0.25, -0.2) is 0 Å². The summed E-state index contributed by atoms with van der Waals surface area (Å²) in [6, 6.07) is 119. The zero-order chi connectivity index (χ0) is 61.5. The van der Waals surface area contributed by atoms with E-state index in [1.807, 2.05) is 22.7 Å². The summed E-state index contributed by atoms with van der Waals surface area (Å²) in [5.41, 5.74) is 23.6. The lowest BCUT2D eigenvalue weighted by Crippen LogP contribution is -2.64. The minimum absolute atomic E-state index is 0.175. The van der Waals surface area contributed by atoms with Gasteiger partial charge in [-0.3, -0.25) is 0 Å². The highest BCUT2D eigenvalue weighted by Gasteiger charge is 2.48. The maximum absolute atomic E-state index is 7.39. The predicted octanol–water partition coefficient (Wildman–Crippen LogP) is 19.8. The van der Waals surface area contributed by atoms with E-state index in [2.05, 4.69) is 346 Å². The molecule has 16 aromatic rings. The molecule has 0 atom stereocenters. The molecule has 6 nitrogen and oxygen atoms in total. The first-order valence-corrected chi connectivity index (χ1v) is 33.8. The third kappa shape index (κ3) is 7.97. The van der Waals surface area contributed by atoms with Gasteiger partial charge in [0.2, 0.25) is 0 Å². The van der Waals surface area contributed by atoms with Gasteiger partial charge in [-0.2, -0.15) is 0 Å². The van der Waals surface area contributed by atoms with E-state index in [4.69, 9.17) is 4.74 Å². The van der Waals surface area contributed by atoms with Gasteiger partial charge in [0, 0.05) is 99.6 Å². The van der Waals surface area contributed by atoms with Gasteiger partial charge in [-0.05, 0) is 154 Å². The smallest absolute Gasteiger partial charge is 0.256 e. The average Bonchev–Trinajstić information content (AvgIpc) is 0.868. The molecule has 438 valence electrons. The Balaban J connectivity index is 0.880. The quantitative estimate of drug-likeness (QED) is 0.134. The van der Waals surface area contributed by atoms with E-state index in [9.17, 15) is 0 Å². The van der Waals surface area contributed by atoms with Crippen LogP contribution >= 0.6 is 22.7 Å². The highest BCUT2D eigenvalue weighted by molar-refractivity contribution is 7.27. The van der Waals surface area contributed by atoms with Crippen molar-refractivity contribution < 1.29 is 4.74 Å². The second-order valence-corrected chi connectivity index (χ2v) is 26.8. The van der Waals surface area contributed by atoms with Gasteiger partial charge in [0.15, 0.2) is 0 Å². The minimum Gasteiger partial charge on any atom is -0.458 e. The van der Waals surface area contributed by atoms with E-state index in [1.54, 1.807) is 0 Å². The Kier molecular flexibility index (Phi) is 11.9. The molecule has 4 aliphatic heterocycles. The summed E-state index contributed by atoms with van der Waals surface area (Å²) in [6.45, 7) is -0.365. The number of ether oxygens (including phenoxy) is 1. The molecule has 14 aromatic carbocycles. The van der Waals surface area contributed by atoms with Crippen LogP contribution in [0.2, 0.25) is 0 Å². The molecule has 94 heavy (non-hydrogen) atoms. The first-order valence-electron chi connectivity index (χ1n) is 32.1. The number of hydrogen-bond donors (Lipinski definition) is 0. The summed E-state index contributed by atoms with van der Waals surface area (Å²) in [7, 11) is 0. The summed E-state index contributed by atoms with van der Waals surface area (Å²) in [4.78, 5) is 12.6. The molecule has 0 unspecified atom stereocenters. The topological polar surface area (TPSA) is 25.4 Å². The van der Waals surface area contributed by atoms with E-state index >= 15 is 0 Å². The fourth-order valence-electron chi connectivity index (χ4n) is 15.8. The van der Waals surface area contributed by atoms with Crippen molar-refractivity contribution in [3.63, 3.8) is 0 Å². The van der Waals surface area contributed by atoms with Gasteiger partial charge in [0.25, 0.3) is 13.4 Å². The SMILES string of the molecule is c1ccc(N2c3cc4c(cc3B3c5ccccc5Oc5cc(N(c6ccccc6)c6cccc7c6sc6ccccc67)cc2c53)B2c3ccccc3N(c3ccccc3)c3cc(N(c5ccccc5)c5cccc6c5sc5ccccc56)cc(c32)N4c2ccccc2)cc1. The van der Waals surface area contributed by atoms with Gasteiger partial charge in [0.05, 0.1) is 32.1 Å². The number of fused-ring (bicyclic) bond motifs is 14. The summed E-state index contributed by atoms with van der Waals surface area (Å²) >= 11 is 3.72. The maximum Gasteiger partial charge on any atom is 0.256 e. The molecule has 0 N–H and O–H groups in total. The number of benzene rings is 14. The zero-order valence-corrected chi connectivity index (χ0v) is 52.3.